The topological polar surface area (TPSA) is 98.0 Å². The van der Waals surface area contributed by atoms with Crippen molar-refractivity contribution in [3.05, 3.63) is 54.1 Å². The third-order valence-electron chi connectivity index (χ3n) is 5.53. The number of fused-ring (bicyclic) bond motifs is 1. The van der Waals surface area contributed by atoms with Gasteiger partial charge >= 0.3 is 0 Å². The number of nitrogens with zero attached hydrogens (tertiary/aromatic N) is 7. The van der Waals surface area contributed by atoms with Gasteiger partial charge in [0.1, 0.15) is 12.4 Å². The summed E-state index contributed by atoms with van der Waals surface area (Å²) < 4.78 is 44.6. The summed E-state index contributed by atoms with van der Waals surface area (Å²) in [6.07, 6.45) is 6.36. The lowest BCUT2D eigenvalue weighted by atomic mass is 10.1. The van der Waals surface area contributed by atoms with E-state index in [1.165, 1.54) is 21.5 Å². The quantitative estimate of drug-likeness (QED) is 0.403. The second-order valence-corrected chi connectivity index (χ2v) is 7.84. The molecule has 1 aromatic carbocycles. The van der Waals surface area contributed by atoms with Crippen LogP contribution in [0.1, 0.15) is 5.56 Å². The molecule has 0 atom stereocenters. The summed E-state index contributed by atoms with van der Waals surface area (Å²) in [4.78, 5) is 14.1. The zero-order valence-electron chi connectivity index (χ0n) is 18.1. The minimum Gasteiger partial charge on any atom is -0.367 e. The SMILES string of the molecule is FOCCn1cc(Nc2ncc3cnn(Cc4cc(F)cc(N5CCNCC5)c4F)c3n2)cn1. The number of hydrogen-bond donors (Lipinski definition) is 2. The summed E-state index contributed by atoms with van der Waals surface area (Å²) in [5.41, 5.74) is 1.49. The molecule has 34 heavy (non-hydrogen) atoms. The normalized spacial score (nSPS) is 14.1. The molecule has 5 rings (SSSR count). The number of rotatable bonds is 8. The summed E-state index contributed by atoms with van der Waals surface area (Å²) in [5.74, 6) is -0.700. The van der Waals surface area contributed by atoms with Crippen LogP contribution in [-0.4, -0.2) is 62.3 Å². The Morgan fingerprint density at radius 2 is 1.94 bits per heavy atom. The maximum Gasteiger partial charge on any atom is 0.229 e. The molecule has 0 aliphatic carbocycles. The van der Waals surface area contributed by atoms with Crippen LogP contribution in [-0.2, 0) is 18.0 Å². The monoisotopic (exact) mass is 473 g/mol. The van der Waals surface area contributed by atoms with E-state index in [2.05, 4.69) is 35.7 Å². The molecule has 1 aliphatic heterocycles. The third-order valence-corrected chi connectivity index (χ3v) is 5.53. The van der Waals surface area contributed by atoms with E-state index in [1.807, 2.05) is 4.90 Å². The maximum absolute atomic E-state index is 15.3. The number of hydrogen-bond acceptors (Lipinski definition) is 8. The molecule has 13 heteroatoms. The highest BCUT2D eigenvalue weighted by Crippen LogP contribution is 2.26. The summed E-state index contributed by atoms with van der Waals surface area (Å²) >= 11 is 0. The molecule has 3 aromatic heterocycles. The third kappa shape index (κ3) is 4.65. The number of benzene rings is 1. The van der Waals surface area contributed by atoms with Gasteiger partial charge in [0, 0.05) is 50.2 Å². The van der Waals surface area contributed by atoms with E-state index >= 15 is 4.39 Å². The maximum atomic E-state index is 15.3. The Morgan fingerprint density at radius 3 is 2.76 bits per heavy atom. The van der Waals surface area contributed by atoms with Gasteiger partial charge in [0.2, 0.25) is 5.95 Å². The Hall–Kier alpha value is -3.71. The van der Waals surface area contributed by atoms with Crippen molar-refractivity contribution < 1.29 is 18.2 Å². The second-order valence-electron chi connectivity index (χ2n) is 7.84. The summed E-state index contributed by atoms with van der Waals surface area (Å²) in [6.45, 7) is 2.77. The van der Waals surface area contributed by atoms with E-state index in [0.29, 0.717) is 42.9 Å². The van der Waals surface area contributed by atoms with E-state index < -0.39 is 11.6 Å². The van der Waals surface area contributed by atoms with Gasteiger partial charge in [-0.3, -0.25) is 4.68 Å². The fourth-order valence-corrected chi connectivity index (χ4v) is 3.89. The Balaban J connectivity index is 1.39. The van der Waals surface area contributed by atoms with E-state index in [1.54, 1.807) is 24.8 Å². The van der Waals surface area contributed by atoms with Gasteiger partial charge in [-0.1, -0.05) is 0 Å². The predicted molar refractivity (Wildman–Crippen MR) is 118 cm³/mol. The van der Waals surface area contributed by atoms with Crippen molar-refractivity contribution in [1.82, 2.24) is 34.8 Å². The highest BCUT2D eigenvalue weighted by Gasteiger charge is 2.20. The molecule has 0 bridgehead atoms. The van der Waals surface area contributed by atoms with Gasteiger partial charge in [-0.05, 0) is 10.6 Å². The van der Waals surface area contributed by atoms with Crippen LogP contribution in [0.5, 0.6) is 0 Å². The zero-order valence-corrected chi connectivity index (χ0v) is 18.1. The van der Waals surface area contributed by atoms with E-state index in [4.69, 9.17) is 0 Å². The number of aromatic nitrogens is 6. The molecule has 0 spiro atoms. The lowest BCUT2D eigenvalue weighted by Gasteiger charge is -2.30. The number of nitrogens with one attached hydrogen (secondary N) is 2. The first-order valence-electron chi connectivity index (χ1n) is 10.8. The zero-order chi connectivity index (χ0) is 23.5. The van der Waals surface area contributed by atoms with E-state index in [9.17, 15) is 8.92 Å². The molecule has 4 heterocycles. The number of piperazine rings is 1. The van der Waals surface area contributed by atoms with Crippen LogP contribution >= 0.6 is 0 Å². The van der Waals surface area contributed by atoms with Gasteiger partial charge in [-0.15, -0.1) is 0 Å². The van der Waals surface area contributed by atoms with Crippen LogP contribution in [0, 0.1) is 11.6 Å². The van der Waals surface area contributed by atoms with Gasteiger partial charge in [-0.2, -0.15) is 20.1 Å². The van der Waals surface area contributed by atoms with E-state index in [-0.39, 0.29) is 36.9 Å². The Labute approximate surface area is 192 Å². The van der Waals surface area contributed by atoms with E-state index in [0.717, 1.165) is 0 Å². The van der Waals surface area contributed by atoms with Gasteiger partial charge in [-0.25, -0.2) is 18.4 Å². The summed E-state index contributed by atoms with van der Waals surface area (Å²) in [6, 6.07) is 2.42. The Morgan fingerprint density at radius 1 is 1.09 bits per heavy atom. The molecule has 10 nitrogen and oxygen atoms in total. The largest absolute Gasteiger partial charge is 0.367 e. The smallest absolute Gasteiger partial charge is 0.229 e. The lowest BCUT2D eigenvalue weighted by Crippen LogP contribution is -2.44. The van der Waals surface area contributed by atoms with Crippen LogP contribution in [0.3, 0.4) is 0 Å². The highest BCUT2D eigenvalue weighted by atomic mass is 19.3. The minimum atomic E-state index is -0.506. The van der Waals surface area contributed by atoms with Crippen molar-refractivity contribution in [3.8, 4) is 0 Å². The van der Waals surface area contributed by atoms with Crippen molar-refractivity contribution in [3.63, 3.8) is 0 Å². The Kier molecular flexibility index (Phi) is 6.27. The molecule has 4 aromatic rings. The molecule has 1 fully saturated rings. The summed E-state index contributed by atoms with van der Waals surface area (Å²) in [7, 11) is 0. The average Bonchev–Trinajstić information content (AvgIpc) is 3.47. The van der Waals surface area contributed by atoms with Crippen molar-refractivity contribution in [2.45, 2.75) is 13.1 Å². The molecule has 0 unspecified atom stereocenters. The molecular formula is C21H22F3N9O. The standard InChI is InChI=1S/C21H22F3N9O/c22-16-7-14(19(23)18(8-16)31-3-1-25-2-4-31)12-33-20-15(10-28-33)9-26-21(30-20)29-17-11-27-32(13-17)5-6-34-24/h7-11,13,25H,1-6,12H2,(H,26,29,30). The first kappa shape index (κ1) is 22.1. The number of halogens is 3. The molecule has 0 saturated carbocycles. The molecule has 0 amide bonds. The Bertz CT molecular complexity index is 1290. The van der Waals surface area contributed by atoms with Gasteiger partial charge in [0.05, 0.1) is 42.2 Å². The van der Waals surface area contributed by atoms with Crippen LogP contribution in [0.15, 0.2) is 36.9 Å². The van der Waals surface area contributed by atoms with Gasteiger partial charge in [0.15, 0.2) is 11.5 Å². The van der Waals surface area contributed by atoms with Crippen LogP contribution in [0.25, 0.3) is 11.0 Å². The van der Waals surface area contributed by atoms with Crippen molar-refractivity contribution in [2.24, 2.45) is 0 Å². The second kappa shape index (κ2) is 9.65. The van der Waals surface area contributed by atoms with Crippen molar-refractivity contribution in [1.29, 1.82) is 0 Å². The molecular weight excluding hydrogens is 451 g/mol. The molecule has 1 saturated heterocycles. The number of anilines is 3. The molecule has 1 aliphatic rings. The van der Waals surface area contributed by atoms with Crippen LogP contribution < -0.4 is 15.5 Å². The van der Waals surface area contributed by atoms with Crippen molar-refractivity contribution >= 4 is 28.4 Å². The summed E-state index contributed by atoms with van der Waals surface area (Å²) in [5, 5.41) is 15.3. The lowest BCUT2D eigenvalue weighted by molar-refractivity contribution is -0.135. The fraction of sp³-hybridized carbons (Fsp3) is 0.333. The van der Waals surface area contributed by atoms with Crippen LogP contribution in [0.4, 0.5) is 30.6 Å². The molecule has 178 valence electrons. The van der Waals surface area contributed by atoms with Crippen LogP contribution in [0.2, 0.25) is 0 Å². The predicted octanol–water partition coefficient (Wildman–Crippen LogP) is 2.40. The van der Waals surface area contributed by atoms with Gasteiger partial charge in [0.25, 0.3) is 0 Å². The highest BCUT2D eigenvalue weighted by molar-refractivity contribution is 5.75. The average molecular weight is 473 g/mol. The first-order chi connectivity index (χ1) is 16.6. The van der Waals surface area contributed by atoms with Crippen molar-refractivity contribution in [2.75, 3.05) is 43.0 Å². The molecule has 0 radical (unpaired) electrons. The molecule has 2 N–H and O–H groups in total. The fourth-order valence-electron chi connectivity index (χ4n) is 3.89. The minimum absolute atomic E-state index is 0.00377. The van der Waals surface area contributed by atoms with Gasteiger partial charge < -0.3 is 15.5 Å². The first-order valence-corrected chi connectivity index (χ1v) is 10.8.